The zero-order valence-corrected chi connectivity index (χ0v) is 16.5. The molecule has 0 spiro atoms. The maximum atomic E-state index is 12.7. The van der Waals surface area contributed by atoms with Crippen molar-refractivity contribution in [3.63, 3.8) is 0 Å². The van der Waals surface area contributed by atoms with E-state index in [4.69, 9.17) is 0 Å². The average Bonchev–Trinajstić information content (AvgIpc) is 3.22. The average molecular weight is 392 g/mol. The van der Waals surface area contributed by atoms with Crippen molar-refractivity contribution in [3.8, 4) is 17.3 Å². The van der Waals surface area contributed by atoms with E-state index in [1.54, 1.807) is 29.3 Å². The maximum absolute atomic E-state index is 12.7. The van der Waals surface area contributed by atoms with Crippen LogP contribution in [-0.4, -0.2) is 67.3 Å². The lowest BCUT2D eigenvalue weighted by molar-refractivity contribution is -0.117. The number of carbonyl (C=O) groups excluding carboxylic acids is 1. The lowest BCUT2D eigenvalue weighted by atomic mass is 10.1. The number of pyridine rings is 1. The second-order valence-corrected chi connectivity index (χ2v) is 7.31. The summed E-state index contributed by atoms with van der Waals surface area (Å²) in [5.41, 5.74) is 0.627. The first-order chi connectivity index (χ1) is 14.1. The molecule has 1 aliphatic rings. The molecular formula is C20H24N8O. The van der Waals surface area contributed by atoms with E-state index in [1.807, 2.05) is 24.3 Å². The van der Waals surface area contributed by atoms with Crippen molar-refractivity contribution in [2.75, 3.05) is 25.0 Å². The van der Waals surface area contributed by atoms with Gasteiger partial charge in [0.1, 0.15) is 11.5 Å². The summed E-state index contributed by atoms with van der Waals surface area (Å²) in [4.78, 5) is 28.2. The number of amides is 1. The fraction of sp³-hybridized carbons (Fsp3) is 0.350. The molecule has 1 amide bonds. The Morgan fingerprint density at radius 2 is 2.00 bits per heavy atom. The Hall–Kier alpha value is -3.17. The summed E-state index contributed by atoms with van der Waals surface area (Å²) in [6.45, 7) is 6.23. The molecule has 0 radical (unpaired) electrons. The van der Waals surface area contributed by atoms with E-state index < -0.39 is 0 Å². The number of piperazine rings is 1. The zero-order chi connectivity index (χ0) is 20.2. The molecule has 4 rings (SSSR count). The first-order valence-electron chi connectivity index (χ1n) is 9.65. The highest BCUT2D eigenvalue weighted by Gasteiger charge is 2.23. The van der Waals surface area contributed by atoms with Crippen molar-refractivity contribution < 1.29 is 4.79 Å². The lowest BCUT2D eigenvalue weighted by Crippen LogP contribution is -2.55. The van der Waals surface area contributed by atoms with Crippen molar-refractivity contribution in [1.82, 2.24) is 34.9 Å². The van der Waals surface area contributed by atoms with Crippen LogP contribution in [0.5, 0.6) is 0 Å². The minimum Gasteiger partial charge on any atom is -0.309 e. The third-order valence-corrected chi connectivity index (χ3v) is 4.61. The number of rotatable bonds is 5. The predicted molar refractivity (Wildman–Crippen MR) is 110 cm³/mol. The van der Waals surface area contributed by atoms with Gasteiger partial charge in [-0.2, -0.15) is 5.10 Å². The molecule has 3 aromatic rings. The van der Waals surface area contributed by atoms with Gasteiger partial charge < -0.3 is 10.6 Å². The summed E-state index contributed by atoms with van der Waals surface area (Å²) in [6.07, 6.45) is 5.15. The van der Waals surface area contributed by atoms with Gasteiger partial charge in [-0.3, -0.25) is 14.7 Å². The predicted octanol–water partition coefficient (Wildman–Crippen LogP) is 1.34. The number of hydrogen-bond acceptors (Lipinski definition) is 7. The Kier molecular flexibility index (Phi) is 5.59. The molecule has 1 fully saturated rings. The van der Waals surface area contributed by atoms with Gasteiger partial charge in [0.15, 0.2) is 11.6 Å². The van der Waals surface area contributed by atoms with Crippen LogP contribution in [0.3, 0.4) is 0 Å². The van der Waals surface area contributed by atoms with E-state index in [0.717, 1.165) is 13.1 Å². The van der Waals surface area contributed by atoms with Crippen molar-refractivity contribution in [2.24, 2.45) is 0 Å². The minimum atomic E-state index is -0.108. The lowest BCUT2D eigenvalue weighted by Gasteiger charge is -2.35. The van der Waals surface area contributed by atoms with E-state index in [9.17, 15) is 4.79 Å². The monoisotopic (exact) mass is 392 g/mol. The second-order valence-electron chi connectivity index (χ2n) is 7.31. The van der Waals surface area contributed by atoms with Crippen LogP contribution in [0.4, 0.5) is 5.82 Å². The summed E-state index contributed by atoms with van der Waals surface area (Å²) in [7, 11) is 0. The van der Waals surface area contributed by atoms with Crippen molar-refractivity contribution in [3.05, 3.63) is 48.9 Å². The maximum Gasteiger partial charge on any atom is 0.239 e. The summed E-state index contributed by atoms with van der Waals surface area (Å²) in [6, 6.07) is 9.77. The molecule has 150 valence electrons. The Bertz CT molecular complexity index is 950. The van der Waals surface area contributed by atoms with Gasteiger partial charge in [-0.25, -0.2) is 14.6 Å². The summed E-state index contributed by atoms with van der Waals surface area (Å²) < 4.78 is 1.63. The molecule has 2 N–H and O–H groups in total. The molecule has 3 aromatic heterocycles. The van der Waals surface area contributed by atoms with Gasteiger partial charge in [0.2, 0.25) is 5.91 Å². The normalized spacial score (nSPS) is 19.8. The molecule has 0 saturated carbocycles. The summed E-state index contributed by atoms with van der Waals surface area (Å²) >= 11 is 0. The van der Waals surface area contributed by atoms with E-state index in [1.165, 1.54) is 0 Å². The van der Waals surface area contributed by atoms with Crippen LogP contribution in [0.25, 0.3) is 17.3 Å². The molecule has 1 saturated heterocycles. The van der Waals surface area contributed by atoms with Crippen LogP contribution < -0.4 is 10.6 Å². The molecule has 2 unspecified atom stereocenters. The zero-order valence-electron chi connectivity index (χ0n) is 16.5. The Balaban J connectivity index is 1.56. The molecule has 0 aliphatic carbocycles. The molecule has 4 heterocycles. The number of nitrogens with one attached hydrogen (secondary N) is 2. The highest BCUT2D eigenvalue weighted by atomic mass is 16.2. The number of carbonyl (C=O) groups is 1. The molecule has 9 nitrogen and oxygen atoms in total. The van der Waals surface area contributed by atoms with Gasteiger partial charge in [0.25, 0.3) is 0 Å². The topological polar surface area (TPSA) is 101 Å². The van der Waals surface area contributed by atoms with Crippen molar-refractivity contribution in [2.45, 2.75) is 25.9 Å². The standard InChI is InChI=1S/C20H24N8O/c1-14-11-27(12-15(2)23-14)13-19(29)24-17-10-18(28-9-5-8-22-28)26-20(25-17)16-6-3-4-7-21-16/h3-10,14-15,23H,11-13H2,1-2H3,(H,24,25,26,29). The molecule has 2 atom stereocenters. The largest absolute Gasteiger partial charge is 0.309 e. The Morgan fingerprint density at radius 1 is 1.17 bits per heavy atom. The SMILES string of the molecule is CC1CN(CC(=O)Nc2cc(-n3cccn3)nc(-c3ccccn3)n2)CC(C)N1. The van der Waals surface area contributed by atoms with E-state index >= 15 is 0 Å². The quantitative estimate of drug-likeness (QED) is 0.676. The van der Waals surface area contributed by atoms with Crippen molar-refractivity contribution >= 4 is 11.7 Å². The number of hydrogen-bond donors (Lipinski definition) is 2. The van der Waals surface area contributed by atoms with E-state index in [2.05, 4.69) is 49.4 Å². The van der Waals surface area contributed by atoms with Crippen LogP contribution in [0.15, 0.2) is 48.9 Å². The Morgan fingerprint density at radius 3 is 2.69 bits per heavy atom. The molecule has 9 heteroatoms. The van der Waals surface area contributed by atoms with Crippen LogP contribution in [0.1, 0.15) is 13.8 Å². The highest BCUT2D eigenvalue weighted by molar-refractivity contribution is 5.91. The third kappa shape index (κ3) is 4.82. The molecule has 0 bridgehead atoms. The number of anilines is 1. The van der Waals surface area contributed by atoms with E-state index in [-0.39, 0.29) is 5.91 Å². The number of aromatic nitrogens is 5. The number of nitrogens with zero attached hydrogens (tertiary/aromatic N) is 6. The van der Waals surface area contributed by atoms with Crippen LogP contribution in [0, 0.1) is 0 Å². The van der Waals surface area contributed by atoms with Crippen LogP contribution >= 0.6 is 0 Å². The minimum absolute atomic E-state index is 0.108. The first-order valence-corrected chi connectivity index (χ1v) is 9.65. The second kappa shape index (κ2) is 8.46. The van der Waals surface area contributed by atoms with Gasteiger partial charge in [-0.15, -0.1) is 0 Å². The fourth-order valence-electron chi connectivity index (χ4n) is 3.58. The van der Waals surface area contributed by atoms with Crippen molar-refractivity contribution in [1.29, 1.82) is 0 Å². The van der Waals surface area contributed by atoms with Gasteiger partial charge in [-0.1, -0.05) is 6.07 Å². The fourth-order valence-corrected chi connectivity index (χ4v) is 3.58. The van der Waals surface area contributed by atoms with E-state index in [0.29, 0.717) is 41.8 Å². The van der Waals surface area contributed by atoms with Gasteiger partial charge in [0, 0.05) is 49.8 Å². The third-order valence-electron chi connectivity index (χ3n) is 4.61. The van der Waals surface area contributed by atoms with Gasteiger partial charge in [0.05, 0.1) is 6.54 Å². The molecule has 29 heavy (non-hydrogen) atoms. The first kappa shape index (κ1) is 19.2. The van der Waals surface area contributed by atoms with Gasteiger partial charge in [-0.05, 0) is 32.0 Å². The molecule has 0 aromatic carbocycles. The smallest absolute Gasteiger partial charge is 0.239 e. The van der Waals surface area contributed by atoms with Crippen LogP contribution in [-0.2, 0) is 4.79 Å². The van der Waals surface area contributed by atoms with Gasteiger partial charge >= 0.3 is 0 Å². The molecule has 1 aliphatic heterocycles. The molecular weight excluding hydrogens is 368 g/mol. The summed E-state index contributed by atoms with van der Waals surface area (Å²) in [5.74, 6) is 1.31. The van der Waals surface area contributed by atoms with Crippen LogP contribution in [0.2, 0.25) is 0 Å². The Labute approximate surface area is 169 Å². The summed E-state index contributed by atoms with van der Waals surface area (Å²) in [5, 5.41) is 10.6. The highest BCUT2D eigenvalue weighted by Crippen LogP contribution is 2.18.